The average Bonchev–Trinajstić information content (AvgIpc) is 3.23. The van der Waals surface area contributed by atoms with Gasteiger partial charge in [-0.1, -0.05) is 104 Å². The van der Waals surface area contributed by atoms with Crippen molar-refractivity contribution < 1.29 is 4.42 Å². The molecule has 0 saturated heterocycles. The molecule has 156 valence electrons. The Hall–Kier alpha value is -4.36. The third-order valence-electron chi connectivity index (χ3n) is 6.35. The van der Waals surface area contributed by atoms with Gasteiger partial charge in [0.25, 0.3) is 0 Å². The topological polar surface area (TPSA) is 13.1 Å². The summed E-state index contributed by atoms with van der Waals surface area (Å²) in [5, 5.41) is 7.07. The Labute approximate surface area is 192 Å². The predicted molar refractivity (Wildman–Crippen MR) is 143 cm³/mol. The van der Waals surface area contributed by atoms with Gasteiger partial charge in [-0.25, -0.2) is 0 Å². The fraction of sp³-hybridized carbons (Fsp3) is 0. The number of rotatable bonds is 4. The van der Waals surface area contributed by atoms with E-state index < -0.39 is 0 Å². The van der Waals surface area contributed by atoms with Crippen LogP contribution in [0.15, 0.2) is 127 Å². The summed E-state index contributed by atoms with van der Waals surface area (Å²) in [6, 6.07) is 32.0. The lowest BCUT2D eigenvalue weighted by molar-refractivity contribution is 0.669. The first-order chi connectivity index (χ1) is 16.3. The molecule has 1 heterocycles. The van der Waals surface area contributed by atoms with Gasteiger partial charge in [-0.05, 0) is 62.0 Å². The lowest BCUT2D eigenvalue weighted by Crippen LogP contribution is -1.92. The van der Waals surface area contributed by atoms with Crippen molar-refractivity contribution in [2.45, 2.75) is 0 Å². The fourth-order valence-electron chi connectivity index (χ4n) is 4.93. The van der Waals surface area contributed by atoms with Gasteiger partial charge in [0, 0.05) is 10.8 Å². The molecular formula is C32H22O. The van der Waals surface area contributed by atoms with E-state index in [1.165, 1.54) is 27.1 Å². The molecule has 0 atom stereocenters. The van der Waals surface area contributed by atoms with E-state index >= 15 is 0 Å². The maximum Gasteiger partial charge on any atom is 0.136 e. The number of allylic oxidation sites excluding steroid dienone is 4. The number of benzene rings is 5. The zero-order valence-corrected chi connectivity index (χ0v) is 18.2. The Kier molecular flexibility index (Phi) is 4.48. The molecule has 1 heteroatoms. The molecule has 6 rings (SSSR count). The Bertz CT molecular complexity index is 1690. The SMILES string of the molecule is C=C/C=C\C(=C)c1c2ccccc2c(-c2ccc3c(c2)oc2ccccc23)c2ccccc12. The van der Waals surface area contributed by atoms with Crippen molar-refractivity contribution in [2.75, 3.05) is 0 Å². The van der Waals surface area contributed by atoms with Crippen LogP contribution in [0.5, 0.6) is 0 Å². The molecule has 0 saturated carbocycles. The molecular weight excluding hydrogens is 400 g/mol. The summed E-state index contributed by atoms with van der Waals surface area (Å²) in [6.45, 7) is 8.19. The Balaban J connectivity index is 1.71. The molecule has 0 aliphatic heterocycles. The van der Waals surface area contributed by atoms with Gasteiger partial charge in [0.05, 0.1) is 0 Å². The summed E-state index contributed by atoms with van der Waals surface area (Å²) in [4.78, 5) is 0. The highest BCUT2D eigenvalue weighted by Gasteiger charge is 2.17. The maximum absolute atomic E-state index is 6.21. The van der Waals surface area contributed by atoms with Crippen LogP contribution in [0.1, 0.15) is 5.56 Å². The van der Waals surface area contributed by atoms with Gasteiger partial charge in [-0.2, -0.15) is 0 Å². The standard InChI is InChI=1S/C32H22O/c1-3-4-11-21(2)31-25-13-5-7-15-27(25)32(28-16-8-6-14-26(28)31)22-18-19-24-23-12-9-10-17-29(23)33-30(24)20-22/h3-20H,1-2H2/b11-4-. The van der Waals surface area contributed by atoms with Crippen molar-refractivity contribution in [1.29, 1.82) is 0 Å². The van der Waals surface area contributed by atoms with Crippen LogP contribution in [-0.2, 0) is 0 Å². The van der Waals surface area contributed by atoms with Crippen LogP contribution in [0.4, 0.5) is 0 Å². The van der Waals surface area contributed by atoms with Crippen molar-refractivity contribution in [1.82, 2.24) is 0 Å². The second kappa shape index (κ2) is 7.65. The molecule has 1 aromatic heterocycles. The van der Waals surface area contributed by atoms with Gasteiger partial charge in [0.15, 0.2) is 0 Å². The van der Waals surface area contributed by atoms with E-state index in [2.05, 4.69) is 92.0 Å². The van der Waals surface area contributed by atoms with Gasteiger partial charge in [-0.3, -0.25) is 0 Å². The van der Waals surface area contributed by atoms with Crippen LogP contribution in [0.3, 0.4) is 0 Å². The highest BCUT2D eigenvalue weighted by molar-refractivity contribution is 6.20. The molecule has 0 N–H and O–H groups in total. The summed E-state index contributed by atoms with van der Waals surface area (Å²) in [5.41, 5.74) is 6.32. The van der Waals surface area contributed by atoms with E-state index in [-0.39, 0.29) is 0 Å². The minimum atomic E-state index is 0.907. The van der Waals surface area contributed by atoms with Crippen molar-refractivity contribution >= 4 is 49.1 Å². The van der Waals surface area contributed by atoms with Crippen molar-refractivity contribution in [2.24, 2.45) is 0 Å². The number of hydrogen-bond donors (Lipinski definition) is 0. The average molecular weight is 423 g/mol. The predicted octanol–water partition coefficient (Wildman–Crippen LogP) is 9.31. The van der Waals surface area contributed by atoms with Crippen molar-refractivity contribution in [3.8, 4) is 11.1 Å². The molecule has 33 heavy (non-hydrogen) atoms. The first kappa shape index (κ1) is 19.3. The van der Waals surface area contributed by atoms with Crippen LogP contribution in [0.25, 0.3) is 60.2 Å². The van der Waals surface area contributed by atoms with E-state index in [1.807, 2.05) is 24.3 Å². The molecule has 0 bridgehead atoms. The van der Waals surface area contributed by atoms with Gasteiger partial charge in [0.1, 0.15) is 11.2 Å². The summed E-state index contributed by atoms with van der Waals surface area (Å²) in [6.07, 6.45) is 5.75. The smallest absolute Gasteiger partial charge is 0.136 e. The zero-order chi connectivity index (χ0) is 22.4. The van der Waals surface area contributed by atoms with Crippen LogP contribution in [0.2, 0.25) is 0 Å². The van der Waals surface area contributed by atoms with Crippen molar-refractivity contribution in [3.05, 3.63) is 128 Å². The highest BCUT2D eigenvalue weighted by Crippen LogP contribution is 2.43. The number of furan rings is 1. The first-order valence-electron chi connectivity index (χ1n) is 11.1. The van der Waals surface area contributed by atoms with Crippen molar-refractivity contribution in [3.63, 3.8) is 0 Å². The normalized spacial score (nSPS) is 11.8. The van der Waals surface area contributed by atoms with Gasteiger partial charge in [-0.15, -0.1) is 0 Å². The van der Waals surface area contributed by atoms with E-state index in [0.29, 0.717) is 0 Å². The van der Waals surface area contributed by atoms with Crippen LogP contribution < -0.4 is 0 Å². The Morgan fingerprint density at radius 3 is 1.88 bits per heavy atom. The first-order valence-corrected chi connectivity index (χ1v) is 11.1. The molecule has 6 aromatic rings. The maximum atomic E-state index is 6.21. The highest BCUT2D eigenvalue weighted by atomic mass is 16.3. The van der Waals surface area contributed by atoms with Crippen LogP contribution >= 0.6 is 0 Å². The fourth-order valence-corrected chi connectivity index (χ4v) is 4.93. The quantitative estimate of drug-likeness (QED) is 0.204. The monoisotopic (exact) mass is 422 g/mol. The third kappa shape index (κ3) is 3.01. The summed E-state index contributed by atoms with van der Waals surface area (Å²) < 4.78 is 6.21. The van der Waals surface area contributed by atoms with E-state index in [1.54, 1.807) is 6.08 Å². The minimum Gasteiger partial charge on any atom is -0.456 e. The summed E-state index contributed by atoms with van der Waals surface area (Å²) in [7, 11) is 0. The number of para-hydroxylation sites is 1. The minimum absolute atomic E-state index is 0.907. The van der Waals surface area contributed by atoms with E-state index in [9.17, 15) is 0 Å². The molecule has 0 aliphatic carbocycles. The lowest BCUT2D eigenvalue weighted by Gasteiger charge is -2.17. The summed E-state index contributed by atoms with van der Waals surface area (Å²) in [5.74, 6) is 0. The Morgan fingerprint density at radius 1 is 0.636 bits per heavy atom. The number of hydrogen-bond acceptors (Lipinski definition) is 1. The van der Waals surface area contributed by atoms with Crippen LogP contribution in [-0.4, -0.2) is 0 Å². The second-order valence-corrected chi connectivity index (χ2v) is 8.27. The molecule has 0 aliphatic rings. The third-order valence-corrected chi connectivity index (χ3v) is 6.35. The van der Waals surface area contributed by atoms with E-state index in [4.69, 9.17) is 4.42 Å². The van der Waals surface area contributed by atoms with Gasteiger partial charge < -0.3 is 4.42 Å². The Morgan fingerprint density at radius 2 is 1.21 bits per heavy atom. The molecule has 0 fully saturated rings. The lowest BCUT2D eigenvalue weighted by atomic mass is 9.86. The largest absolute Gasteiger partial charge is 0.456 e. The second-order valence-electron chi connectivity index (χ2n) is 8.27. The zero-order valence-electron chi connectivity index (χ0n) is 18.2. The van der Waals surface area contributed by atoms with Crippen LogP contribution in [0, 0.1) is 0 Å². The van der Waals surface area contributed by atoms with E-state index in [0.717, 1.165) is 38.6 Å². The molecule has 0 amide bonds. The molecule has 0 radical (unpaired) electrons. The van der Waals surface area contributed by atoms with Gasteiger partial charge >= 0.3 is 0 Å². The molecule has 1 nitrogen and oxygen atoms in total. The number of fused-ring (bicyclic) bond motifs is 5. The summed E-state index contributed by atoms with van der Waals surface area (Å²) >= 11 is 0. The molecule has 5 aromatic carbocycles. The van der Waals surface area contributed by atoms with Gasteiger partial charge in [0.2, 0.25) is 0 Å². The molecule has 0 unspecified atom stereocenters. The molecule has 0 spiro atoms.